The van der Waals surface area contributed by atoms with Gasteiger partial charge < -0.3 is 10.6 Å². The van der Waals surface area contributed by atoms with Gasteiger partial charge in [-0.15, -0.1) is 0 Å². The quantitative estimate of drug-likeness (QED) is 0.720. The van der Waals surface area contributed by atoms with Gasteiger partial charge in [0.05, 0.1) is 0 Å². The number of nitrogens with one attached hydrogen (secondary N) is 2. The number of hydrogen-bond donors (Lipinski definition) is 2. The van der Waals surface area contributed by atoms with E-state index in [1.807, 2.05) is 0 Å². The summed E-state index contributed by atoms with van der Waals surface area (Å²) in [7, 11) is -0.996. The van der Waals surface area contributed by atoms with Crippen molar-refractivity contribution >= 4 is 16.7 Å². The molecule has 4 nitrogen and oxygen atoms in total. The van der Waals surface area contributed by atoms with E-state index in [-0.39, 0.29) is 26.1 Å². The molecule has 0 saturated carbocycles. The van der Waals surface area contributed by atoms with Crippen LogP contribution in [0.15, 0.2) is 0 Å². The Bertz CT molecular complexity index is 328. The first-order valence-corrected chi connectivity index (χ1v) is 7.38. The van der Waals surface area contributed by atoms with Crippen molar-refractivity contribution in [3.05, 3.63) is 0 Å². The van der Waals surface area contributed by atoms with E-state index < -0.39 is 28.3 Å². The molecular formula is C10H17F3N2O2S. The van der Waals surface area contributed by atoms with Crippen LogP contribution in [0.1, 0.15) is 12.8 Å². The first kappa shape index (κ1) is 15.4. The number of carbonyl (C=O) groups excluding carboxylic acids is 1. The van der Waals surface area contributed by atoms with Crippen molar-refractivity contribution in [2.24, 2.45) is 5.41 Å². The topological polar surface area (TPSA) is 58.2 Å². The molecule has 18 heavy (non-hydrogen) atoms. The molecule has 8 heteroatoms. The van der Waals surface area contributed by atoms with Gasteiger partial charge in [0.2, 0.25) is 5.91 Å². The summed E-state index contributed by atoms with van der Waals surface area (Å²) < 4.78 is 49.6. The molecule has 1 saturated heterocycles. The molecule has 1 fully saturated rings. The fourth-order valence-electron chi connectivity index (χ4n) is 1.90. The van der Waals surface area contributed by atoms with E-state index in [2.05, 4.69) is 10.6 Å². The van der Waals surface area contributed by atoms with Crippen LogP contribution < -0.4 is 10.6 Å². The van der Waals surface area contributed by atoms with Crippen molar-refractivity contribution in [2.75, 3.05) is 31.6 Å². The summed E-state index contributed by atoms with van der Waals surface area (Å²) in [4.78, 5) is 11.7. The maximum absolute atomic E-state index is 13.0. The van der Waals surface area contributed by atoms with Crippen molar-refractivity contribution in [3.63, 3.8) is 0 Å². The lowest BCUT2D eigenvalue weighted by atomic mass is 9.85. The van der Waals surface area contributed by atoms with Gasteiger partial charge in [-0.05, 0) is 19.4 Å². The van der Waals surface area contributed by atoms with E-state index in [1.54, 1.807) is 0 Å². The molecule has 0 aliphatic carbocycles. The monoisotopic (exact) mass is 286 g/mol. The molecule has 0 radical (unpaired) electrons. The molecule has 0 aromatic heterocycles. The molecule has 0 aromatic rings. The third-order valence-electron chi connectivity index (χ3n) is 3.03. The van der Waals surface area contributed by atoms with E-state index in [0.717, 1.165) is 0 Å². The van der Waals surface area contributed by atoms with E-state index in [4.69, 9.17) is 0 Å². The molecular weight excluding hydrogens is 269 g/mol. The van der Waals surface area contributed by atoms with Crippen molar-refractivity contribution in [3.8, 4) is 0 Å². The summed E-state index contributed by atoms with van der Waals surface area (Å²) in [5.74, 6) is -0.612. The van der Waals surface area contributed by atoms with Crippen molar-refractivity contribution in [1.82, 2.24) is 10.6 Å². The van der Waals surface area contributed by atoms with Gasteiger partial charge in [-0.25, -0.2) is 0 Å². The molecule has 106 valence electrons. The van der Waals surface area contributed by atoms with Gasteiger partial charge in [-0.2, -0.15) is 13.2 Å². The summed E-state index contributed by atoms with van der Waals surface area (Å²) >= 11 is 0. The third kappa shape index (κ3) is 3.44. The molecule has 1 heterocycles. The number of halogens is 3. The van der Waals surface area contributed by atoms with Crippen LogP contribution in [0.5, 0.6) is 0 Å². The van der Waals surface area contributed by atoms with Crippen LogP contribution in [-0.2, 0) is 15.6 Å². The van der Waals surface area contributed by atoms with Crippen LogP contribution in [0.25, 0.3) is 0 Å². The Labute approximate surface area is 106 Å². The molecule has 1 amide bonds. The van der Waals surface area contributed by atoms with Crippen LogP contribution in [0, 0.1) is 5.41 Å². The summed E-state index contributed by atoms with van der Waals surface area (Å²) in [5.41, 5.74) is -2.31. The van der Waals surface area contributed by atoms with Gasteiger partial charge >= 0.3 is 6.18 Å². The van der Waals surface area contributed by atoms with Gasteiger partial charge in [0.1, 0.15) is 0 Å². The lowest BCUT2D eigenvalue weighted by Gasteiger charge is -2.29. The van der Waals surface area contributed by atoms with E-state index in [1.165, 1.54) is 6.26 Å². The molecule has 0 aromatic carbocycles. The Balaban J connectivity index is 2.54. The SMILES string of the molecule is CS(=O)CCCNC(=O)C1(C(F)(F)F)CCNC1. The second-order valence-electron chi connectivity index (χ2n) is 4.39. The van der Waals surface area contributed by atoms with Gasteiger partial charge in [-0.1, -0.05) is 0 Å². The standard InChI is InChI=1S/C10H17F3N2O2S/c1-18(17)6-2-4-15-8(16)9(10(11,12)13)3-5-14-7-9/h14H,2-7H2,1H3,(H,15,16). The lowest BCUT2D eigenvalue weighted by Crippen LogP contribution is -2.52. The highest BCUT2D eigenvalue weighted by Gasteiger charge is 2.61. The maximum Gasteiger partial charge on any atom is 0.404 e. The highest BCUT2D eigenvalue weighted by molar-refractivity contribution is 7.84. The highest BCUT2D eigenvalue weighted by atomic mass is 32.2. The minimum atomic E-state index is -4.55. The van der Waals surface area contributed by atoms with Gasteiger partial charge in [-0.3, -0.25) is 9.00 Å². The number of hydrogen-bond acceptors (Lipinski definition) is 3. The summed E-state index contributed by atoms with van der Waals surface area (Å²) in [5, 5.41) is 4.87. The zero-order valence-electron chi connectivity index (χ0n) is 10.1. The second kappa shape index (κ2) is 6.01. The molecule has 0 bridgehead atoms. The average Bonchev–Trinajstić information content (AvgIpc) is 2.73. The number of alkyl halides is 3. The zero-order valence-corrected chi connectivity index (χ0v) is 10.9. The van der Waals surface area contributed by atoms with Crippen LogP contribution in [-0.4, -0.2) is 47.9 Å². The molecule has 1 aliphatic heterocycles. The van der Waals surface area contributed by atoms with Gasteiger partial charge in [0.15, 0.2) is 5.41 Å². The van der Waals surface area contributed by atoms with Crippen LogP contribution >= 0.6 is 0 Å². The third-order valence-corrected chi connectivity index (χ3v) is 3.89. The lowest BCUT2D eigenvalue weighted by molar-refractivity contribution is -0.216. The summed E-state index contributed by atoms with van der Waals surface area (Å²) in [6.07, 6.45) is -2.85. The highest BCUT2D eigenvalue weighted by Crippen LogP contribution is 2.43. The van der Waals surface area contributed by atoms with Gasteiger partial charge in [0.25, 0.3) is 0 Å². The Morgan fingerprint density at radius 3 is 2.61 bits per heavy atom. The first-order valence-electron chi connectivity index (χ1n) is 5.65. The predicted octanol–water partition coefficient (Wildman–Crippen LogP) is 0.413. The molecule has 2 N–H and O–H groups in total. The minimum absolute atomic E-state index is 0.121. The van der Waals surface area contributed by atoms with E-state index in [0.29, 0.717) is 12.2 Å². The van der Waals surface area contributed by atoms with Crippen molar-refractivity contribution in [2.45, 2.75) is 19.0 Å². The largest absolute Gasteiger partial charge is 0.404 e. The Morgan fingerprint density at radius 2 is 2.17 bits per heavy atom. The van der Waals surface area contributed by atoms with Crippen LogP contribution in [0.3, 0.4) is 0 Å². The second-order valence-corrected chi connectivity index (χ2v) is 5.95. The number of rotatable bonds is 5. The normalized spacial score (nSPS) is 26.0. The maximum atomic E-state index is 13.0. The number of carbonyl (C=O) groups is 1. The average molecular weight is 286 g/mol. The molecule has 1 rings (SSSR count). The summed E-state index contributed by atoms with van der Waals surface area (Å²) in [6.45, 7) is -0.0653. The van der Waals surface area contributed by atoms with Crippen molar-refractivity contribution < 1.29 is 22.2 Å². The molecule has 1 aliphatic rings. The predicted molar refractivity (Wildman–Crippen MR) is 62.5 cm³/mol. The molecule has 2 atom stereocenters. The molecule has 2 unspecified atom stereocenters. The van der Waals surface area contributed by atoms with Gasteiger partial charge in [0, 0.05) is 35.9 Å². The summed E-state index contributed by atoms with van der Waals surface area (Å²) in [6, 6.07) is 0. The molecule has 0 spiro atoms. The van der Waals surface area contributed by atoms with E-state index >= 15 is 0 Å². The Kier molecular flexibility index (Phi) is 5.15. The van der Waals surface area contributed by atoms with Crippen LogP contribution in [0.4, 0.5) is 13.2 Å². The van der Waals surface area contributed by atoms with E-state index in [9.17, 15) is 22.2 Å². The minimum Gasteiger partial charge on any atom is -0.355 e. The fraction of sp³-hybridized carbons (Fsp3) is 0.900. The first-order chi connectivity index (χ1) is 8.29. The number of amides is 1. The van der Waals surface area contributed by atoms with Crippen molar-refractivity contribution in [1.29, 1.82) is 0 Å². The Morgan fingerprint density at radius 1 is 1.50 bits per heavy atom. The Hall–Kier alpha value is -0.630. The smallest absolute Gasteiger partial charge is 0.355 e. The van der Waals surface area contributed by atoms with Crippen LogP contribution in [0.2, 0.25) is 0 Å². The zero-order chi connectivity index (χ0) is 13.8. The fourth-order valence-corrected chi connectivity index (χ4v) is 2.45.